The highest BCUT2D eigenvalue weighted by molar-refractivity contribution is 5.97. The summed E-state index contributed by atoms with van der Waals surface area (Å²) in [7, 11) is 0. The van der Waals surface area contributed by atoms with E-state index < -0.39 is 0 Å². The maximum atomic E-state index is 13.0. The van der Waals surface area contributed by atoms with E-state index in [-0.39, 0.29) is 5.91 Å². The van der Waals surface area contributed by atoms with Crippen molar-refractivity contribution >= 4 is 5.91 Å². The summed E-state index contributed by atoms with van der Waals surface area (Å²) >= 11 is 0. The third kappa shape index (κ3) is 2.56. The molecule has 0 atom stereocenters. The van der Waals surface area contributed by atoms with Crippen molar-refractivity contribution in [2.45, 2.75) is 45.4 Å². The van der Waals surface area contributed by atoms with Crippen LogP contribution >= 0.6 is 0 Å². The van der Waals surface area contributed by atoms with Crippen LogP contribution in [0.2, 0.25) is 0 Å². The van der Waals surface area contributed by atoms with Gasteiger partial charge in [-0.25, -0.2) is 4.68 Å². The van der Waals surface area contributed by atoms with Crippen molar-refractivity contribution in [3.8, 4) is 5.69 Å². The van der Waals surface area contributed by atoms with Gasteiger partial charge in [0.05, 0.1) is 22.6 Å². The summed E-state index contributed by atoms with van der Waals surface area (Å²) in [5.74, 6) is 0.655. The Balaban J connectivity index is 1.78. The molecule has 0 unspecified atom stereocenters. The van der Waals surface area contributed by atoms with Crippen LogP contribution in [0.5, 0.6) is 0 Å². The third-order valence-corrected chi connectivity index (χ3v) is 4.99. The Kier molecular flexibility index (Phi) is 3.47. The molecular weight excluding hydrogens is 286 g/mol. The number of nitrogens with zero attached hydrogens (tertiary/aromatic N) is 3. The third-order valence-electron chi connectivity index (χ3n) is 4.99. The molecule has 4 nitrogen and oxygen atoms in total. The van der Waals surface area contributed by atoms with Crippen LogP contribution in [0.15, 0.2) is 24.3 Å². The lowest BCUT2D eigenvalue weighted by Crippen LogP contribution is -2.28. The standard InChI is InChI=1S/C19H23N3O/c1-13-5-9-16(10-6-13)22-14(2)17(18(20-22)15-7-8-15)19(23)21-11-3-4-12-21/h5-6,9-10,15H,3-4,7-8,11-12H2,1-2H3. The van der Waals surface area contributed by atoms with Crippen LogP contribution in [0.25, 0.3) is 5.69 Å². The molecule has 4 heteroatoms. The average Bonchev–Trinajstić information content (AvgIpc) is 3.13. The van der Waals surface area contributed by atoms with E-state index in [0.29, 0.717) is 5.92 Å². The minimum atomic E-state index is 0.181. The number of likely N-dealkylation sites (tertiary alicyclic amines) is 1. The van der Waals surface area contributed by atoms with Crippen molar-refractivity contribution in [1.82, 2.24) is 14.7 Å². The SMILES string of the molecule is Cc1ccc(-n2nc(C3CC3)c(C(=O)N3CCCC3)c2C)cc1. The molecule has 0 bridgehead atoms. The van der Waals surface area contributed by atoms with E-state index in [1.165, 1.54) is 5.56 Å². The Morgan fingerprint density at radius 1 is 1.09 bits per heavy atom. The predicted octanol–water partition coefficient (Wildman–Crippen LogP) is 3.60. The highest BCUT2D eigenvalue weighted by atomic mass is 16.2. The summed E-state index contributed by atoms with van der Waals surface area (Å²) in [4.78, 5) is 15.0. The quantitative estimate of drug-likeness (QED) is 0.869. The molecule has 2 heterocycles. The molecular formula is C19H23N3O. The summed E-state index contributed by atoms with van der Waals surface area (Å²) in [5.41, 5.74) is 5.12. The van der Waals surface area contributed by atoms with Crippen LogP contribution in [0.4, 0.5) is 0 Å². The van der Waals surface area contributed by atoms with E-state index in [0.717, 1.165) is 61.4 Å². The van der Waals surface area contributed by atoms with E-state index in [9.17, 15) is 4.79 Å². The summed E-state index contributed by atoms with van der Waals surface area (Å²) < 4.78 is 1.95. The van der Waals surface area contributed by atoms with Crippen LogP contribution in [0.3, 0.4) is 0 Å². The maximum Gasteiger partial charge on any atom is 0.257 e. The van der Waals surface area contributed by atoms with Gasteiger partial charge in [0.15, 0.2) is 0 Å². The van der Waals surface area contributed by atoms with Crippen molar-refractivity contribution in [3.63, 3.8) is 0 Å². The Labute approximate surface area is 137 Å². The van der Waals surface area contributed by atoms with Gasteiger partial charge >= 0.3 is 0 Å². The molecule has 1 aromatic carbocycles. The number of hydrogen-bond acceptors (Lipinski definition) is 2. The Morgan fingerprint density at radius 3 is 2.35 bits per heavy atom. The van der Waals surface area contributed by atoms with Gasteiger partial charge in [0, 0.05) is 19.0 Å². The fourth-order valence-corrected chi connectivity index (χ4v) is 3.45. The van der Waals surface area contributed by atoms with Crippen LogP contribution in [0.1, 0.15) is 58.9 Å². The van der Waals surface area contributed by atoms with Crippen molar-refractivity contribution in [3.05, 3.63) is 46.8 Å². The highest BCUT2D eigenvalue weighted by Gasteiger charge is 2.35. The molecule has 1 saturated heterocycles. The molecule has 0 radical (unpaired) electrons. The molecule has 23 heavy (non-hydrogen) atoms. The second-order valence-electron chi connectivity index (χ2n) is 6.87. The molecule has 0 N–H and O–H groups in total. The van der Waals surface area contributed by atoms with Gasteiger partial charge in [-0.1, -0.05) is 17.7 Å². The number of carbonyl (C=O) groups excluding carboxylic acids is 1. The molecule has 2 aliphatic rings. The lowest BCUT2D eigenvalue weighted by Gasteiger charge is -2.15. The van der Waals surface area contributed by atoms with Gasteiger partial charge in [0.25, 0.3) is 5.91 Å². The molecule has 4 rings (SSSR count). The first-order valence-corrected chi connectivity index (χ1v) is 8.61. The molecule has 1 aromatic heterocycles. The first kappa shape index (κ1) is 14.5. The molecule has 2 fully saturated rings. The number of rotatable bonds is 3. The minimum Gasteiger partial charge on any atom is -0.339 e. The summed E-state index contributed by atoms with van der Waals surface area (Å²) in [5, 5.41) is 4.83. The van der Waals surface area contributed by atoms with Gasteiger partial charge in [-0.05, 0) is 51.7 Å². The highest BCUT2D eigenvalue weighted by Crippen LogP contribution is 2.42. The second-order valence-corrected chi connectivity index (χ2v) is 6.87. The summed E-state index contributed by atoms with van der Waals surface area (Å²) in [6.07, 6.45) is 4.56. The van der Waals surface area contributed by atoms with Gasteiger partial charge < -0.3 is 4.90 Å². The van der Waals surface area contributed by atoms with Gasteiger partial charge in [-0.15, -0.1) is 0 Å². The van der Waals surface area contributed by atoms with Crippen LogP contribution < -0.4 is 0 Å². The van der Waals surface area contributed by atoms with Gasteiger partial charge in [-0.3, -0.25) is 4.79 Å². The second kappa shape index (κ2) is 5.52. The Bertz CT molecular complexity index is 735. The minimum absolute atomic E-state index is 0.181. The molecule has 120 valence electrons. The smallest absolute Gasteiger partial charge is 0.257 e. The van der Waals surface area contributed by atoms with Crippen LogP contribution in [-0.4, -0.2) is 33.7 Å². The molecule has 1 aliphatic heterocycles. The Morgan fingerprint density at radius 2 is 1.74 bits per heavy atom. The number of amides is 1. The number of hydrogen-bond donors (Lipinski definition) is 0. The Hall–Kier alpha value is -2.10. The van der Waals surface area contributed by atoms with Crippen molar-refractivity contribution in [1.29, 1.82) is 0 Å². The fraction of sp³-hybridized carbons (Fsp3) is 0.474. The van der Waals surface area contributed by atoms with Crippen LogP contribution in [0, 0.1) is 13.8 Å². The number of aromatic nitrogens is 2. The normalized spacial score (nSPS) is 17.7. The van der Waals surface area contributed by atoms with Crippen molar-refractivity contribution in [2.75, 3.05) is 13.1 Å². The molecule has 2 aromatic rings. The average molecular weight is 309 g/mol. The van der Waals surface area contributed by atoms with Gasteiger partial charge in [-0.2, -0.15) is 5.10 Å². The first-order valence-electron chi connectivity index (χ1n) is 8.61. The van der Waals surface area contributed by atoms with Gasteiger partial charge in [0.2, 0.25) is 0 Å². The zero-order chi connectivity index (χ0) is 16.0. The molecule has 1 saturated carbocycles. The monoisotopic (exact) mass is 309 g/mol. The number of aryl methyl sites for hydroxylation is 1. The molecule has 1 aliphatic carbocycles. The maximum absolute atomic E-state index is 13.0. The van der Waals surface area contributed by atoms with E-state index in [1.54, 1.807) is 0 Å². The largest absolute Gasteiger partial charge is 0.339 e. The van der Waals surface area contributed by atoms with E-state index in [4.69, 9.17) is 5.10 Å². The zero-order valence-electron chi connectivity index (χ0n) is 13.9. The molecule has 0 spiro atoms. The zero-order valence-corrected chi connectivity index (χ0v) is 13.9. The molecule has 1 amide bonds. The van der Waals surface area contributed by atoms with Crippen molar-refractivity contribution < 1.29 is 4.79 Å². The first-order chi connectivity index (χ1) is 11.1. The van der Waals surface area contributed by atoms with Crippen molar-refractivity contribution in [2.24, 2.45) is 0 Å². The van der Waals surface area contributed by atoms with E-state index in [2.05, 4.69) is 31.2 Å². The van der Waals surface area contributed by atoms with Crippen LogP contribution in [-0.2, 0) is 0 Å². The van der Waals surface area contributed by atoms with E-state index >= 15 is 0 Å². The number of carbonyl (C=O) groups is 1. The van der Waals surface area contributed by atoms with Gasteiger partial charge in [0.1, 0.15) is 0 Å². The lowest BCUT2D eigenvalue weighted by molar-refractivity contribution is 0.0791. The topological polar surface area (TPSA) is 38.1 Å². The van der Waals surface area contributed by atoms with E-state index in [1.807, 2.05) is 16.5 Å². The fourth-order valence-electron chi connectivity index (χ4n) is 3.45. The summed E-state index contributed by atoms with van der Waals surface area (Å²) in [6, 6.07) is 8.34. The predicted molar refractivity (Wildman–Crippen MR) is 90.2 cm³/mol. The number of benzene rings is 1. The summed E-state index contributed by atoms with van der Waals surface area (Å²) in [6.45, 7) is 5.88. The lowest BCUT2D eigenvalue weighted by atomic mass is 10.1.